The van der Waals surface area contributed by atoms with Crippen molar-refractivity contribution in [2.45, 2.75) is 17.4 Å². The molecule has 9 heteroatoms. The standard InChI is InChI=1S/C15H12Cl3NO4S/c16-10-7-12(18)14(8-11(10)17)24(22,23)19-13(15(20)21)6-9-4-2-1-3-5-9/h1-5,7-8,13,19H,6H2,(H,20,21). The fraction of sp³-hybridized carbons (Fsp3) is 0.133. The first-order chi connectivity index (χ1) is 11.2. The van der Waals surface area contributed by atoms with Gasteiger partial charge in [-0.25, -0.2) is 8.42 Å². The SMILES string of the molecule is O=C(O)C(Cc1ccccc1)NS(=O)(=O)c1cc(Cl)c(Cl)cc1Cl. The molecule has 0 fully saturated rings. The molecule has 2 rings (SSSR count). The maximum absolute atomic E-state index is 12.5. The molecule has 0 radical (unpaired) electrons. The van der Waals surface area contributed by atoms with Crippen LogP contribution in [0.15, 0.2) is 47.4 Å². The monoisotopic (exact) mass is 407 g/mol. The molecule has 1 unspecified atom stereocenters. The van der Waals surface area contributed by atoms with E-state index in [9.17, 15) is 18.3 Å². The van der Waals surface area contributed by atoms with E-state index in [4.69, 9.17) is 34.8 Å². The molecule has 0 aliphatic carbocycles. The predicted octanol–water partition coefficient (Wildman–Crippen LogP) is 3.62. The molecule has 0 spiro atoms. The Kier molecular flexibility index (Phi) is 6.11. The highest BCUT2D eigenvalue weighted by Gasteiger charge is 2.28. The minimum absolute atomic E-state index is 0.00336. The summed E-state index contributed by atoms with van der Waals surface area (Å²) in [6.45, 7) is 0. The predicted molar refractivity (Wildman–Crippen MR) is 93.4 cm³/mol. The van der Waals surface area contributed by atoms with Crippen LogP contribution in [-0.2, 0) is 21.2 Å². The highest BCUT2D eigenvalue weighted by Crippen LogP contribution is 2.31. The molecule has 5 nitrogen and oxygen atoms in total. The Morgan fingerprint density at radius 3 is 2.21 bits per heavy atom. The van der Waals surface area contributed by atoms with Gasteiger partial charge in [0, 0.05) is 0 Å². The molecule has 2 N–H and O–H groups in total. The second kappa shape index (κ2) is 7.72. The van der Waals surface area contributed by atoms with Crippen molar-refractivity contribution in [3.8, 4) is 0 Å². The van der Waals surface area contributed by atoms with Crippen LogP contribution in [0.25, 0.3) is 0 Å². The zero-order valence-electron chi connectivity index (χ0n) is 12.0. The van der Waals surface area contributed by atoms with Gasteiger partial charge in [-0.1, -0.05) is 65.1 Å². The summed E-state index contributed by atoms with van der Waals surface area (Å²) in [5, 5.41) is 9.25. The van der Waals surface area contributed by atoms with Crippen LogP contribution in [0, 0.1) is 0 Å². The van der Waals surface area contributed by atoms with Crippen molar-refractivity contribution in [1.82, 2.24) is 4.72 Å². The molecule has 128 valence electrons. The highest BCUT2D eigenvalue weighted by atomic mass is 35.5. The quantitative estimate of drug-likeness (QED) is 0.715. The highest BCUT2D eigenvalue weighted by molar-refractivity contribution is 7.89. The Morgan fingerprint density at radius 2 is 1.62 bits per heavy atom. The molecule has 0 saturated heterocycles. The largest absolute Gasteiger partial charge is 0.480 e. The molecule has 0 bridgehead atoms. The lowest BCUT2D eigenvalue weighted by molar-refractivity contribution is -0.138. The lowest BCUT2D eigenvalue weighted by atomic mass is 10.1. The van der Waals surface area contributed by atoms with Gasteiger partial charge in [-0.3, -0.25) is 4.79 Å². The average molecular weight is 409 g/mol. The molecule has 0 saturated carbocycles. The minimum atomic E-state index is -4.20. The zero-order chi connectivity index (χ0) is 17.9. The maximum atomic E-state index is 12.5. The Morgan fingerprint density at radius 1 is 1.04 bits per heavy atom. The Balaban J connectivity index is 2.31. The Bertz CT molecular complexity index is 857. The van der Waals surface area contributed by atoms with Gasteiger partial charge in [0.15, 0.2) is 0 Å². The molecule has 0 amide bonds. The number of carboxylic acids is 1. The van der Waals surface area contributed by atoms with E-state index >= 15 is 0 Å². The van der Waals surface area contributed by atoms with Crippen LogP contribution in [0.4, 0.5) is 0 Å². The fourth-order valence-corrected chi connectivity index (χ4v) is 4.18. The number of benzene rings is 2. The second-order valence-corrected chi connectivity index (χ2v) is 7.80. The molecule has 2 aromatic rings. The van der Waals surface area contributed by atoms with Crippen molar-refractivity contribution >= 4 is 50.8 Å². The van der Waals surface area contributed by atoms with Gasteiger partial charge < -0.3 is 5.11 Å². The topological polar surface area (TPSA) is 83.5 Å². The molecule has 0 heterocycles. The number of nitrogens with one attached hydrogen (secondary N) is 1. The lowest BCUT2D eigenvalue weighted by Gasteiger charge is -2.16. The molecular weight excluding hydrogens is 397 g/mol. The van der Waals surface area contributed by atoms with E-state index in [1.165, 1.54) is 6.07 Å². The fourth-order valence-electron chi connectivity index (χ4n) is 1.99. The first-order valence-electron chi connectivity index (χ1n) is 6.64. The number of rotatable bonds is 6. The van der Waals surface area contributed by atoms with Gasteiger partial charge in [0.2, 0.25) is 10.0 Å². The van der Waals surface area contributed by atoms with Crippen molar-refractivity contribution in [1.29, 1.82) is 0 Å². The van der Waals surface area contributed by atoms with Gasteiger partial charge in [0.05, 0.1) is 15.1 Å². The maximum Gasteiger partial charge on any atom is 0.322 e. The number of carbonyl (C=O) groups is 1. The molecule has 0 aliphatic heterocycles. The number of sulfonamides is 1. The van der Waals surface area contributed by atoms with E-state index in [1.54, 1.807) is 30.3 Å². The van der Waals surface area contributed by atoms with E-state index in [0.29, 0.717) is 5.56 Å². The summed E-state index contributed by atoms with van der Waals surface area (Å²) in [6, 6.07) is 9.56. The molecule has 2 aromatic carbocycles. The van der Waals surface area contributed by atoms with Crippen LogP contribution in [0.5, 0.6) is 0 Å². The number of aliphatic carboxylic acids is 1. The van der Waals surface area contributed by atoms with E-state index in [0.717, 1.165) is 6.07 Å². The average Bonchev–Trinajstić information content (AvgIpc) is 2.51. The zero-order valence-corrected chi connectivity index (χ0v) is 15.1. The van der Waals surface area contributed by atoms with Gasteiger partial charge in [-0.2, -0.15) is 4.72 Å². The van der Waals surface area contributed by atoms with Gasteiger partial charge in [-0.15, -0.1) is 0 Å². The van der Waals surface area contributed by atoms with Gasteiger partial charge in [-0.05, 0) is 24.1 Å². The summed E-state index contributed by atoms with van der Waals surface area (Å²) in [5.41, 5.74) is 0.674. The third-order valence-corrected chi connectivity index (χ3v) is 5.80. The van der Waals surface area contributed by atoms with Crippen molar-refractivity contribution in [2.75, 3.05) is 0 Å². The lowest BCUT2D eigenvalue weighted by Crippen LogP contribution is -2.42. The Labute approximate surface area is 154 Å². The number of halogens is 3. The van der Waals surface area contributed by atoms with Crippen molar-refractivity contribution in [2.24, 2.45) is 0 Å². The van der Waals surface area contributed by atoms with Gasteiger partial charge >= 0.3 is 5.97 Å². The third kappa shape index (κ3) is 4.62. The molecule has 0 aromatic heterocycles. The summed E-state index contributed by atoms with van der Waals surface area (Å²) in [5.74, 6) is -1.31. The van der Waals surface area contributed by atoms with E-state index < -0.39 is 22.0 Å². The van der Waals surface area contributed by atoms with Crippen molar-refractivity contribution in [3.05, 3.63) is 63.1 Å². The molecule has 1 atom stereocenters. The summed E-state index contributed by atoms with van der Waals surface area (Å²) in [7, 11) is -4.20. The van der Waals surface area contributed by atoms with Crippen molar-refractivity contribution in [3.63, 3.8) is 0 Å². The number of hydrogen-bond donors (Lipinski definition) is 2. The first-order valence-corrected chi connectivity index (χ1v) is 9.26. The summed E-state index contributed by atoms with van der Waals surface area (Å²) in [6.07, 6.45) is -0.0195. The normalized spacial score (nSPS) is 12.8. The van der Waals surface area contributed by atoms with Crippen LogP contribution in [0.1, 0.15) is 5.56 Å². The van der Waals surface area contributed by atoms with Gasteiger partial charge in [0.1, 0.15) is 10.9 Å². The van der Waals surface area contributed by atoms with Gasteiger partial charge in [0.25, 0.3) is 0 Å². The summed E-state index contributed by atoms with van der Waals surface area (Å²) >= 11 is 17.5. The van der Waals surface area contributed by atoms with E-state index in [2.05, 4.69) is 4.72 Å². The molecular formula is C15H12Cl3NO4S. The third-order valence-electron chi connectivity index (χ3n) is 3.14. The van der Waals surface area contributed by atoms with Crippen molar-refractivity contribution < 1.29 is 18.3 Å². The van der Waals surface area contributed by atoms with Crippen LogP contribution in [-0.4, -0.2) is 25.5 Å². The Hall–Kier alpha value is -1.31. The molecule has 24 heavy (non-hydrogen) atoms. The van der Waals surface area contributed by atoms with E-state index in [1.807, 2.05) is 0 Å². The van der Waals surface area contributed by atoms with Crippen LogP contribution in [0.3, 0.4) is 0 Å². The first kappa shape index (κ1) is 19.0. The number of carboxylic acid groups (broad SMARTS) is 1. The number of hydrogen-bond acceptors (Lipinski definition) is 3. The molecule has 0 aliphatic rings. The van der Waals surface area contributed by atoms with E-state index in [-0.39, 0.29) is 26.4 Å². The summed E-state index contributed by atoms with van der Waals surface area (Å²) < 4.78 is 27.1. The smallest absolute Gasteiger partial charge is 0.322 e. The summed E-state index contributed by atoms with van der Waals surface area (Å²) in [4.78, 5) is 11.1. The minimum Gasteiger partial charge on any atom is -0.480 e. The van der Waals surface area contributed by atoms with Crippen LogP contribution < -0.4 is 4.72 Å². The second-order valence-electron chi connectivity index (χ2n) is 4.90. The van der Waals surface area contributed by atoms with Crippen LogP contribution >= 0.6 is 34.8 Å². The van der Waals surface area contributed by atoms with Crippen LogP contribution in [0.2, 0.25) is 15.1 Å².